The Morgan fingerprint density at radius 1 is 1.17 bits per heavy atom. The van der Waals surface area contributed by atoms with E-state index >= 15 is 0 Å². The van der Waals surface area contributed by atoms with E-state index < -0.39 is 16.0 Å². The number of ether oxygens (including phenoxy) is 2. The van der Waals surface area contributed by atoms with Gasteiger partial charge in [0.05, 0.1) is 23.7 Å². The molecule has 1 aromatic rings. The second kappa shape index (κ2) is 11.3. The van der Waals surface area contributed by atoms with Gasteiger partial charge < -0.3 is 14.8 Å². The lowest BCUT2D eigenvalue weighted by Crippen LogP contribution is -2.40. The molecule has 1 aromatic carbocycles. The number of carbonyl (C=O) groups excluding carboxylic acids is 2. The van der Waals surface area contributed by atoms with Gasteiger partial charge in [-0.05, 0) is 37.6 Å². The van der Waals surface area contributed by atoms with Crippen LogP contribution < -0.4 is 5.32 Å². The fourth-order valence-electron chi connectivity index (χ4n) is 3.00. The molecule has 0 aliphatic carbocycles. The molecule has 0 saturated carbocycles. The topological polar surface area (TPSA) is 102 Å². The van der Waals surface area contributed by atoms with Crippen LogP contribution in [0.4, 0.5) is 0 Å². The molecule has 1 N–H and O–H groups in total. The first-order chi connectivity index (χ1) is 13.8. The van der Waals surface area contributed by atoms with Gasteiger partial charge in [0.1, 0.15) is 0 Å². The molecule has 162 valence electrons. The van der Waals surface area contributed by atoms with Gasteiger partial charge >= 0.3 is 5.97 Å². The molecular formula is C20H30N2O6S. The molecule has 1 heterocycles. The van der Waals surface area contributed by atoms with E-state index in [0.29, 0.717) is 26.3 Å². The zero-order chi connectivity index (χ0) is 21.3. The highest BCUT2D eigenvalue weighted by Crippen LogP contribution is 2.18. The fourth-order valence-corrected chi connectivity index (χ4v) is 4.41. The van der Waals surface area contributed by atoms with Gasteiger partial charge in [0.15, 0.2) is 6.61 Å². The molecule has 8 nitrogen and oxygen atoms in total. The summed E-state index contributed by atoms with van der Waals surface area (Å²) in [5.41, 5.74) is 0.190. The maximum absolute atomic E-state index is 12.6. The van der Waals surface area contributed by atoms with Crippen molar-refractivity contribution in [3.05, 3.63) is 29.8 Å². The average molecular weight is 427 g/mol. The smallest absolute Gasteiger partial charge is 0.338 e. The summed E-state index contributed by atoms with van der Waals surface area (Å²) in [5.74, 6) is -1.03. The van der Waals surface area contributed by atoms with Gasteiger partial charge in [-0.3, -0.25) is 4.79 Å². The summed E-state index contributed by atoms with van der Waals surface area (Å²) in [6.07, 6.45) is 4.15. The number of morpholine rings is 1. The Morgan fingerprint density at radius 2 is 1.83 bits per heavy atom. The summed E-state index contributed by atoms with van der Waals surface area (Å²) < 4.78 is 36.7. The van der Waals surface area contributed by atoms with E-state index in [-0.39, 0.29) is 29.0 Å². The minimum atomic E-state index is -3.62. The van der Waals surface area contributed by atoms with Crippen molar-refractivity contribution in [2.45, 2.75) is 50.5 Å². The van der Waals surface area contributed by atoms with Crippen molar-refractivity contribution >= 4 is 21.9 Å². The lowest BCUT2D eigenvalue weighted by molar-refractivity contribution is -0.124. The van der Waals surface area contributed by atoms with Crippen LogP contribution in [0.25, 0.3) is 0 Å². The zero-order valence-electron chi connectivity index (χ0n) is 17.1. The van der Waals surface area contributed by atoms with Gasteiger partial charge in [-0.15, -0.1) is 0 Å². The van der Waals surface area contributed by atoms with Gasteiger partial charge in [0.25, 0.3) is 5.91 Å². The molecule has 1 amide bonds. The third kappa shape index (κ3) is 7.09. The molecule has 29 heavy (non-hydrogen) atoms. The van der Waals surface area contributed by atoms with Gasteiger partial charge in [0, 0.05) is 19.1 Å². The summed E-state index contributed by atoms with van der Waals surface area (Å²) in [5, 5.41) is 2.80. The Labute approximate surface area is 172 Å². The Hall–Kier alpha value is -1.97. The summed E-state index contributed by atoms with van der Waals surface area (Å²) in [6, 6.07) is 5.55. The van der Waals surface area contributed by atoms with E-state index in [1.54, 1.807) is 0 Å². The number of hydrogen-bond acceptors (Lipinski definition) is 6. The van der Waals surface area contributed by atoms with Gasteiger partial charge in [0.2, 0.25) is 10.0 Å². The number of hydrogen-bond donors (Lipinski definition) is 1. The maximum atomic E-state index is 12.6. The summed E-state index contributed by atoms with van der Waals surface area (Å²) >= 11 is 0. The van der Waals surface area contributed by atoms with Crippen molar-refractivity contribution in [3.63, 3.8) is 0 Å². The molecule has 0 spiro atoms. The SMILES string of the molecule is CCCCC[C@@H](C)NC(=O)COC(=O)c1ccc(S(=O)(=O)N2CCOCC2)cc1. The van der Waals surface area contributed by atoms with E-state index in [0.717, 1.165) is 25.7 Å². The Kier molecular flexibility index (Phi) is 9.06. The van der Waals surface area contributed by atoms with Crippen molar-refractivity contribution in [1.82, 2.24) is 9.62 Å². The Bertz CT molecular complexity index is 773. The number of benzene rings is 1. The van der Waals surface area contributed by atoms with Crippen molar-refractivity contribution in [2.75, 3.05) is 32.9 Å². The summed E-state index contributed by atoms with van der Waals surface area (Å²) in [4.78, 5) is 24.1. The number of nitrogens with zero attached hydrogens (tertiary/aromatic N) is 1. The first-order valence-corrected chi connectivity index (χ1v) is 11.4. The fraction of sp³-hybridized carbons (Fsp3) is 0.600. The highest BCUT2D eigenvalue weighted by atomic mass is 32.2. The average Bonchev–Trinajstić information content (AvgIpc) is 2.73. The van der Waals surface area contributed by atoms with Crippen LogP contribution in [-0.2, 0) is 24.3 Å². The molecule has 1 atom stereocenters. The second-order valence-electron chi connectivity index (χ2n) is 7.08. The summed E-state index contributed by atoms with van der Waals surface area (Å²) in [7, 11) is -3.62. The largest absolute Gasteiger partial charge is 0.452 e. The van der Waals surface area contributed by atoms with Crippen molar-refractivity contribution in [1.29, 1.82) is 0 Å². The lowest BCUT2D eigenvalue weighted by atomic mass is 10.1. The first kappa shape index (κ1) is 23.3. The van der Waals surface area contributed by atoms with E-state index in [9.17, 15) is 18.0 Å². The van der Waals surface area contributed by atoms with Crippen molar-refractivity contribution in [2.24, 2.45) is 0 Å². The van der Waals surface area contributed by atoms with Gasteiger partial charge in [-0.1, -0.05) is 26.2 Å². The highest BCUT2D eigenvalue weighted by Gasteiger charge is 2.26. The zero-order valence-corrected chi connectivity index (χ0v) is 17.9. The maximum Gasteiger partial charge on any atom is 0.338 e. The van der Waals surface area contributed by atoms with Crippen LogP contribution in [0.15, 0.2) is 29.2 Å². The Morgan fingerprint density at radius 3 is 2.45 bits per heavy atom. The van der Waals surface area contributed by atoms with Crippen LogP contribution in [0.1, 0.15) is 49.9 Å². The van der Waals surface area contributed by atoms with Gasteiger partial charge in [-0.2, -0.15) is 4.31 Å². The number of carbonyl (C=O) groups is 2. The minimum Gasteiger partial charge on any atom is -0.452 e. The van der Waals surface area contributed by atoms with Crippen LogP contribution in [-0.4, -0.2) is 63.6 Å². The normalized spacial score (nSPS) is 16.2. The van der Waals surface area contributed by atoms with Crippen LogP contribution >= 0.6 is 0 Å². The third-order valence-electron chi connectivity index (χ3n) is 4.68. The van der Waals surface area contributed by atoms with E-state index in [2.05, 4.69) is 12.2 Å². The summed E-state index contributed by atoms with van der Waals surface area (Å²) in [6.45, 7) is 5.00. The third-order valence-corrected chi connectivity index (χ3v) is 6.59. The van der Waals surface area contributed by atoms with Crippen LogP contribution in [0, 0.1) is 0 Å². The molecule has 1 saturated heterocycles. The van der Waals surface area contributed by atoms with Crippen LogP contribution in [0.5, 0.6) is 0 Å². The number of rotatable bonds is 10. The highest BCUT2D eigenvalue weighted by molar-refractivity contribution is 7.89. The molecule has 0 unspecified atom stereocenters. The Balaban J connectivity index is 1.84. The van der Waals surface area contributed by atoms with Crippen molar-refractivity contribution < 1.29 is 27.5 Å². The lowest BCUT2D eigenvalue weighted by Gasteiger charge is -2.26. The van der Waals surface area contributed by atoms with Gasteiger partial charge in [-0.25, -0.2) is 13.2 Å². The number of sulfonamides is 1. The predicted molar refractivity (Wildman–Crippen MR) is 108 cm³/mol. The molecule has 9 heteroatoms. The number of esters is 1. The predicted octanol–water partition coefficient (Wildman–Crippen LogP) is 1.95. The molecule has 2 rings (SSSR count). The monoisotopic (exact) mass is 426 g/mol. The number of amides is 1. The second-order valence-corrected chi connectivity index (χ2v) is 9.02. The molecule has 1 fully saturated rings. The molecule has 0 aromatic heterocycles. The molecular weight excluding hydrogens is 396 g/mol. The molecule has 1 aliphatic rings. The quantitative estimate of drug-likeness (QED) is 0.453. The van der Waals surface area contributed by atoms with E-state index in [1.807, 2.05) is 6.92 Å². The van der Waals surface area contributed by atoms with E-state index in [4.69, 9.17) is 9.47 Å². The molecule has 0 bridgehead atoms. The standard InChI is InChI=1S/C20H30N2O6S/c1-3-4-5-6-16(2)21-19(23)15-28-20(24)17-7-9-18(10-8-17)29(25,26)22-11-13-27-14-12-22/h7-10,16H,3-6,11-15H2,1-2H3,(H,21,23)/t16-/m1/s1. The molecule has 1 aliphatic heterocycles. The van der Waals surface area contributed by atoms with Crippen molar-refractivity contribution in [3.8, 4) is 0 Å². The minimum absolute atomic E-state index is 0.0254. The van der Waals surface area contributed by atoms with E-state index in [1.165, 1.54) is 28.6 Å². The molecule has 0 radical (unpaired) electrons. The number of unbranched alkanes of at least 4 members (excludes halogenated alkanes) is 2. The van der Waals surface area contributed by atoms with Crippen LogP contribution in [0.3, 0.4) is 0 Å². The van der Waals surface area contributed by atoms with Crippen LogP contribution in [0.2, 0.25) is 0 Å². The first-order valence-electron chi connectivity index (χ1n) is 9.99. The number of nitrogens with one attached hydrogen (secondary N) is 1.